The Morgan fingerprint density at radius 1 is 1.10 bits per heavy atom. The van der Waals surface area contributed by atoms with Gasteiger partial charge in [0.1, 0.15) is 5.82 Å². The number of carbonyl (C=O) groups is 1. The van der Waals surface area contributed by atoms with Gasteiger partial charge >= 0.3 is 5.97 Å². The van der Waals surface area contributed by atoms with Crippen molar-refractivity contribution in [2.75, 3.05) is 5.73 Å². The summed E-state index contributed by atoms with van der Waals surface area (Å²) in [5, 5.41) is 11.5. The summed E-state index contributed by atoms with van der Waals surface area (Å²) in [7, 11) is 0. The maximum absolute atomic E-state index is 11.5. The summed E-state index contributed by atoms with van der Waals surface area (Å²) in [5.74, 6) is -0.809. The minimum Gasteiger partial charge on any atom is -0.478 e. The van der Waals surface area contributed by atoms with Crippen molar-refractivity contribution in [2.45, 2.75) is 6.92 Å². The number of hydrogen-bond acceptors (Lipinski definition) is 3. The summed E-state index contributed by atoms with van der Waals surface area (Å²) in [6.07, 6.45) is 1.52. The highest BCUT2D eigenvalue weighted by atomic mass is 16.4. The number of nitrogens with zero attached hydrogens (tertiary/aromatic N) is 1. The standard InChI is InChI=1S/C17H14N2O2/c1-10-6-7-13(12-5-3-2-4-11(10)12)15-9-19-16(18)8-14(15)17(20)21/h2-9H,1H3,(H2,18,19)(H,20,21). The lowest BCUT2D eigenvalue weighted by Gasteiger charge is -2.11. The Morgan fingerprint density at radius 2 is 1.81 bits per heavy atom. The van der Waals surface area contributed by atoms with Crippen LogP contribution in [0.5, 0.6) is 0 Å². The summed E-state index contributed by atoms with van der Waals surface area (Å²) in [5.41, 5.74) is 8.34. The van der Waals surface area contributed by atoms with Crippen molar-refractivity contribution in [3.63, 3.8) is 0 Å². The average molecular weight is 278 g/mol. The number of aryl methyl sites for hydroxylation is 1. The fraction of sp³-hybridized carbons (Fsp3) is 0.0588. The molecule has 0 aliphatic rings. The van der Waals surface area contributed by atoms with Gasteiger partial charge in [-0.15, -0.1) is 0 Å². The SMILES string of the molecule is Cc1ccc(-c2cnc(N)cc2C(=O)O)c2ccccc12. The normalized spacial score (nSPS) is 10.7. The largest absolute Gasteiger partial charge is 0.478 e. The van der Waals surface area contributed by atoms with E-state index in [9.17, 15) is 9.90 Å². The zero-order valence-corrected chi connectivity index (χ0v) is 11.5. The van der Waals surface area contributed by atoms with Gasteiger partial charge in [-0.3, -0.25) is 0 Å². The number of nitrogens with two attached hydrogens (primary N) is 1. The lowest BCUT2D eigenvalue weighted by Crippen LogP contribution is -2.03. The molecule has 0 aliphatic carbocycles. The summed E-state index contributed by atoms with van der Waals surface area (Å²) < 4.78 is 0. The van der Waals surface area contributed by atoms with Crippen LogP contribution >= 0.6 is 0 Å². The molecule has 0 aliphatic heterocycles. The van der Waals surface area contributed by atoms with Gasteiger partial charge in [0.15, 0.2) is 0 Å². The molecule has 21 heavy (non-hydrogen) atoms. The van der Waals surface area contributed by atoms with Gasteiger partial charge in [-0.25, -0.2) is 9.78 Å². The molecule has 0 saturated carbocycles. The fourth-order valence-corrected chi connectivity index (χ4v) is 2.55. The molecule has 0 spiro atoms. The van der Waals surface area contributed by atoms with Crippen LogP contribution in [0.3, 0.4) is 0 Å². The molecule has 3 N–H and O–H groups in total. The number of hydrogen-bond donors (Lipinski definition) is 2. The Morgan fingerprint density at radius 3 is 2.52 bits per heavy atom. The maximum Gasteiger partial charge on any atom is 0.336 e. The molecule has 0 unspecified atom stereocenters. The number of carboxylic acid groups (broad SMARTS) is 1. The van der Waals surface area contributed by atoms with Crippen molar-refractivity contribution in [1.29, 1.82) is 0 Å². The number of aromatic carboxylic acids is 1. The van der Waals surface area contributed by atoms with E-state index < -0.39 is 5.97 Å². The first-order valence-electron chi connectivity index (χ1n) is 6.55. The van der Waals surface area contributed by atoms with Gasteiger partial charge in [-0.05, 0) is 34.9 Å². The molecule has 0 saturated heterocycles. The van der Waals surface area contributed by atoms with Crippen molar-refractivity contribution in [3.8, 4) is 11.1 Å². The molecule has 0 radical (unpaired) electrons. The van der Waals surface area contributed by atoms with Crippen molar-refractivity contribution >= 4 is 22.6 Å². The lowest BCUT2D eigenvalue weighted by atomic mass is 9.94. The third-order valence-corrected chi connectivity index (χ3v) is 3.59. The van der Waals surface area contributed by atoms with E-state index in [-0.39, 0.29) is 11.4 Å². The Hall–Kier alpha value is -2.88. The number of carboxylic acids is 1. The van der Waals surface area contributed by atoms with Crippen LogP contribution in [0.15, 0.2) is 48.7 Å². The van der Waals surface area contributed by atoms with Gasteiger partial charge in [-0.1, -0.05) is 36.4 Å². The Balaban J connectivity index is 2.36. The fourth-order valence-electron chi connectivity index (χ4n) is 2.55. The second-order valence-corrected chi connectivity index (χ2v) is 4.94. The van der Waals surface area contributed by atoms with Crippen LogP contribution in [0.2, 0.25) is 0 Å². The zero-order chi connectivity index (χ0) is 15.0. The molecule has 0 amide bonds. The molecule has 2 aromatic carbocycles. The molecular formula is C17H14N2O2. The topological polar surface area (TPSA) is 76.2 Å². The third-order valence-electron chi connectivity index (χ3n) is 3.59. The van der Waals surface area contributed by atoms with E-state index in [1.807, 2.05) is 43.3 Å². The number of nitrogen functional groups attached to an aromatic ring is 1. The first-order valence-corrected chi connectivity index (χ1v) is 6.55. The van der Waals surface area contributed by atoms with E-state index in [1.54, 1.807) is 0 Å². The second-order valence-electron chi connectivity index (χ2n) is 4.94. The number of fused-ring (bicyclic) bond motifs is 1. The molecule has 4 nitrogen and oxygen atoms in total. The maximum atomic E-state index is 11.5. The molecule has 3 rings (SSSR count). The summed E-state index contributed by atoms with van der Waals surface area (Å²) in [6.45, 7) is 2.03. The highest BCUT2D eigenvalue weighted by Gasteiger charge is 2.15. The van der Waals surface area contributed by atoms with Crippen LogP contribution in [0.4, 0.5) is 5.82 Å². The lowest BCUT2D eigenvalue weighted by molar-refractivity contribution is 0.0697. The molecule has 1 aromatic heterocycles. The predicted octanol–water partition coefficient (Wildman–Crippen LogP) is 3.49. The molecule has 0 fully saturated rings. The first kappa shape index (κ1) is 13.1. The highest BCUT2D eigenvalue weighted by Crippen LogP contribution is 2.32. The quantitative estimate of drug-likeness (QED) is 0.752. The minimum atomic E-state index is -1.01. The summed E-state index contributed by atoms with van der Waals surface area (Å²) >= 11 is 0. The minimum absolute atomic E-state index is 0.163. The summed E-state index contributed by atoms with van der Waals surface area (Å²) in [6, 6.07) is 13.2. The second kappa shape index (κ2) is 4.90. The van der Waals surface area contributed by atoms with Crippen LogP contribution in [0, 0.1) is 6.92 Å². The van der Waals surface area contributed by atoms with Crippen LogP contribution < -0.4 is 5.73 Å². The van der Waals surface area contributed by atoms with Crippen LogP contribution in [0.25, 0.3) is 21.9 Å². The summed E-state index contributed by atoms with van der Waals surface area (Å²) in [4.78, 5) is 15.5. The smallest absolute Gasteiger partial charge is 0.336 e. The Labute approximate surface area is 121 Å². The van der Waals surface area contributed by atoms with Gasteiger partial charge in [0, 0.05) is 11.8 Å². The van der Waals surface area contributed by atoms with Gasteiger partial charge < -0.3 is 10.8 Å². The Kier molecular flexibility index (Phi) is 3.06. The molecule has 0 atom stereocenters. The zero-order valence-electron chi connectivity index (χ0n) is 11.5. The number of benzene rings is 2. The van der Waals surface area contributed by atoms with Crippen molar-refractivity contribution in [3.05, 3.63) is 59.8 Å². The van der Waals surface area contributed by atoms with E-state index in [4.69, 9.17) is 5.73 Å². The number of pyridine rings is 1. The van der Waals surface area contributed by atoms with E-state index in [0.29, 0.717) is 5.56 Å². The molecule has 4 heteroatoms. The van der Waals surface area contributed by atoms with Crippen LogP contribution in [-0.2, 0) is 0 Å². The van der Waals surface area contributed by atoms with Crippen molar-refractivity contribution in [2.24, 2.45) is 0 Å². The molecule has 0 bridgehead atoms. The van der Waals surface area contributed by atoms with Gasteiger partial charge in [0.25, 0.3) is 0 Å². The molecule has 104 valence electrons. The third kappa shape index (κ3) is 2.21. The van der Waals surface area contributed by atoms with Crippen molar-refractivity contribution in [1.82, 2.24) is 4.98 Å². The van der Waals surface area contributed by atoms with E-state index in [2.05, 4.69) is 4.98 Å². The van der Waals surface area contributed by atoms with Gasteiger partial charge in [0.05, 0.1) is 5.56 Å². The number of aromatic nitrogens is 1. The average Bonchev–Trinajstić information content (AvgIpc) is 2.48. The van der Waals surface area contributed by atoms with E-state index in [0.717, 1.165) is 21.9 Å². The number of rotatable bonds is 2. The van der Waals surface area contributed by atoms with E-state index in [1.165, 1.54) is 12.3 Å². The van der Waals surface area contributed by atoms with Gasteiger partial charge in [0.2, 0.25) is 0 Å². The molecule has 1 heterocycles. The van der Waals surface area contributed by atoms with E-state index >= 15 is 0 Å². The predicted molar refractivity (Wildman–Crippen MR) is 83.3 cm³/mol. The van der Waals surface area contributed by atoms with Crippen LogP contribution in [0.1, 0.15) is 15.9 Å². The monoisotopic (exact) mass is 278 g/mol. The molecule has 3 aromatic rings. The molecular weight excluding hydrogens is 264 g/mol. The van der Waals surface area contributed by atoms with Crippen molar-refractivity contribution < 1.29 is 9.90 Å². The Bertz CT molecular complexity index is 857. The van der Waals surface area contributed by atoms with Gasteiger partial charge in [-0.2, -0.15) is 0 Å². The first-order chi connectivity index (χ1) is 10.1. The van der Waals surface area contributed by atoms with Crippen LogP contribution in [-0.4, -0.2) is 16.1 Å². The number of anilines is 1. The highest BCUT2D eigenvalue weighted by molar-refractivity contribution is 6.04.